The van der Waals surface area contributed by atoms with Crippen molar-refractivity contribution in [1.29, 1.82) is 0 Å². The van der Waals surface area contributed by atoms with Crippen LogP contribution in [0.4, 0.5) is 0 Å². The van der Waals surface area contributed by atoms with Crippen LogP contribution in [0.15, 0.2) is 18.2 Å². The molecule has 1 fully saturated rings. The number of carbonyl (C=O) groups excluding carboxylic acids is 1. The number of Topliss-reactive ketones (excluding diaryl/α,β-unsaturated/α-hetero) is 1. The van der Waals surface area contributed by atoms with E-state index in [4.69, 9.17) is 4.74 Å². The van der Waals surface area contributed by atoms with Crippen molar-refractivity contribution in [3.8, 4) is 5.75 Å². The van der Waals surface area contributed by atoms with Gasteiger partial charge in [-0.05, 0) is 58.5 Å². The molecular formula is C17H27ClN2O2. The van der Waals surface area contributed by atoms with Crippen molar-refractivity contribution >= 4 is 18.2 Å². The molecule has 5 heteroatoms. The molecule has 0 bridgehead atoms. The Labute approximate surface area is 139 Å². The molecule has 0 aliphatic carbocycles. The highest BCUT2D eigenvalue weighted by molar-refractivity contribution is 5.94. The number of benzene rings is 1. The van der Waals surface area contributed by atoms with Crippen molar-refractivity contribution in [2.75, 3.05) is 26.7 Å². The van der Waals surface area contributed by atoms with Crippen molar-refractivity contribution in [2.45, 2.75) is 39.3 Å². The summed E-state index contributed by atoms with van der Waals surface area (Å²) in [6.45, 7) is 7.22. The number of nitrogens with zero attached hydrogens (tertiary/aromatic N) is 1. The van der Waals surface area contributed by atoms with Gasteiger partial charge in [0.25, 0.3) is 0 Å². The number of likely N-dealkylation sites (tertiary alicyclic amines) is 1. The van der Waals surface area contributed by atoms with Crippen molar-refractivity contribution < 1.29 is 9.53 Å². The lowest BCUT2D eigenvalue weighted by atomic mass is 10.1. The Morgan fingerprint density at radius 1 is 1.45 bits per heavy atom. The van der Waals surface area contributed by atoms with E-state index >= 15 is 0 Å². The highest BCUT2D eigenvalue weighted by Crippen LogP contribution is 2.26. The summed E-state index contributed by atoms with van der Waals surface area (Å²) in [6, 6.07) is 6.35. The topological polar surface area (TPSA) is 41.6 Å². The Morgan fingerprint density at radius 2 is 2.23 bits per heavy atom. The van der Waals surface area contributed by atoms with Crippen LogP contribution in [0.25, 0.3) is 0 Å². The molecule has 0 saturated carbocycles. The van der Waals surface area contributed by atoms with Crippen molar-refractivity contribution in [3.05, 3.63) is 29.3 Å². The van der Waals surface area contributed by atoms with Gasteiger partial charge in [-0.25, -0.2) is 0 Å². The van der Waals surface area contributed by atoms with Crippen LogP contribution in [0.2, 0.25) is 0 Å². The second-order valence-corrected chi connectivity index (χ2v) is 5.64. The largest absolute Gasteiger partial charge is 0.494 e. The van der Waals surface area contributed by atoms with Crippen molar-refractivity contribution in [1.82, 2.24) is 10.2 Å². The molecule has 1 aromatic rings. The van der Waals surface area contributed by atoms with Crippen LogP contribution in [-0.4, -0.2) is 43.5 Å². The Hall–Kier alpha value is -1.10. The molecule has 1 aromatic carbocycles. The summed E-state index contributed by atoms with van der Waals surface area (Å²) in [4.78, 5) is 14.1. The lowest BCUT2D eigenvalue weighted by Gasteiger charge is -2.25. The van der Waals surface area contributed by atoms with E-state index in [1.807, 2.05) is 32.2 Å². The summed E-state index contributed by atoms with van der Waals surface area (Å²) in [5.41, 5.74) is 1.88. The first kappa shape index (κ1) is 18.9. The van der Waals surface area contributed by atoms with Gasteiger partial charge in [-0.1, -0.05) is 0 Å². The number of hydrogen-bond donors (Lipinski definition) is 1. The van der Waals surface area contributed by atoms with E-state index in [0.717, 1.165) is 36.5 Å². The van der Waals surface area contributed by atoms with Crippen LogP contribution in [0, 0.1) is 0 Å². The number of rotatable bonds is 7. The fourth-order valence-corrected chi connectivity index (χ4v) is 3.01. The first-order chi connectivity index (χ1) is 10.2. The molecule has 4 nitrogen and oxygen atoms in total. The van der Waals surface area contributed by atoms with E-state index in [1.165, 1.54) is 12.8 Å². The van der Waals surface area contributed by atoms with Gasteiger partial charge in [-0.3, -0.25) is 9.69 Å². The number of hydrogen-bond acceptors (Lipinski definition) is 4. The van der Waals surface area contributed by atoms with Gasteiger partial charge >= 0.3 is 0 Å². The summed E-state index contributed by atoms with van der Waals surface area (Å²) in [5, 5.41) is 3.27. The lowest BCUT2D eigenvalue weighted by Crippen LogP contribution is -2.36. The van der Waals surface area contributed by atoms with Crippen LogP contribution < -0.4 is 10.1 Å². The molecule has 1 N–H and O–H groups in total. The summed E-state index contributed by atoms with van der Waals surface area (Å²) in [5.74, 6) is 1.00. The monoisotopic (exact) mass is 326 g/mol. The molecule has 1 aliphatic rings. The quantitative estimate of drug-likeness (QED) is 0.782. The zero-order valence-corrected chi connectivity index (χ0v) is 14.5. The van der Waals surface area contributed by atoms with Gasteiger partial charge in [0.15, 0.2) is 5.78 Å². The first-order valence-corrected chi connectivity index (χ1v) is 7.81. The van der Waals surface area contributed by atoms with Gasteiger partial charge in [0.2, 0.25) is 0 Å². The summed E-state index contributed by atoms with van der Waals surface area (Å²) >= 11 is 0. The normalized spacial score (nSPS) is 18.0. The van der Waals surface area contributed by atoms with Crippen LogP contribution in [0.5, 0.6) is 5.75 Å². The second kappa shape index (κ2) is 9.13. The Morgan fingerprint density at radius 3 is 2.86 bits per heavy atom. The highest BCUT2D eigenvalue weighted by atomic mass is 35.5. The molecule has 124 valence electrons. The second-order valence-electron chi connectivity index (χ2n) is 5.64. The Bertz CT molecular complexity index is 494. The Balaban J connectivity index is 0.00000242. The number of halogens is 1. The van der Waals surface area contributed by atoms with Crippen LogP contribution in [0.3, 0.4) is 0 Å². The molecule has 22 heavy (non-hydrogen) atoms. The standard InChI is InChI=1S/C17H26N2O2.ClH/c1-4-21-17-8-7-14(13(2)20)10-15(17)12-19-9-5-6-16(19)11-18-3;/h7-8,10,16,18H,4-6,9,11-12H2,1-3H3;1H. The molecule has 0 radical (unpaired) electrons. The molecule has 1 unspecified atom stereocenters. The molecule has 1 aliphatic heterocycles. The minimum Gasteiger partial charge on any atom is -0.494 e. The SMILES string of the molecule is CCOc1ccc(C(C)=O)cc1CN1CCCC1CNC.Cl. The van der Waals surface area contributed by atoms with E-state index in [9.17, 15) is 4.79 Å². The minimum atomic E-state index is 0. The van der Waals surface area contributed by atoms with E-state index in [-0.39, 0.29) is 18.2 Å². The average molecular weight is 327 g/mol. The average Bonchev–Trinajstić information content (AvgIpc) is 2.88. The van der Waals surface area contributed by atoms with Gasteiger partial charge in [0, 0.05) is 30.3 Å². The number of likely N-dealkylation sites (N-methyl/N-ethyl adjacent to an activating group) is 1. The Kier molecular flexibility index (Phi) is 7.87. The van der Waals surface area contributed by atoms with Gasteiger partial charge in [0.05, 0.1) is 6.61 Å². The maximum Gasteiger partial charge on any atom is 0.159 e. The van der Waals surface area contributed by atoms with E-state index in [0.29, 0.717) is 12.6 Å². The fraction of sp³-hybridized carbons (Fsp3) is 0.588. The number of ether oxygens (including phenoxy) is 1. The minimum absolute atomic E-state index is 0. The molecule has 0 amide bonds. The maximum atomic E-state index is 11.6. The zero-order chi connectivity index (χ0) is 15.2. The third-order valence-corrected chi connectivity index (χ3v) is 4.08. The molecule has 1 saturated heterocycles. The lowest BCUT2D eigenvalue weighted by molar-refractivity contribution is 0.101. The molecule has 0 spiro atoms. The third kappa shape index (κ3) is 4.70. The van der Waals surface area contributed by atoms with E-state index in [1.54, 1.807) is 6.92 Å². The van der Waals surface area contributed by atoms with E-state index in [2.05, 4.69) is 10.2 Å². The molecule has 2 rings (SSSR count). The predicted molar refractivity (Wildman–Crippen MR) is 92.2 cm³/mol. The van der Waals surface area contributed by atoms with Crippen LogP contribution in [0.1, 0.15) is 42.6 Å². The summed E-state index contributed by atoms with van der Waals surface area (Å²) in [6.07, 6.45) is 2.47. The zero-order valence-electron chi connectivity index (χ0n) is 13.7. The molecular weight excluding hydrogens is 300 g/mol. The molecule has 0 aromatic heterocycles. The van der Waals surface area contributed by atoms with Gasteiger partial charge in [-0.2, -0.15) is 0 Å². The highest BCUT2D eigenvalue weighted by Gasteiger charge is 2.24. The van der Waals surface area contributed by atoms with E-state index < -0.39 is 0 Å². The van der Waals surface area contributed by atoms with Crippen molar-refractivity contribution in [3.63, 3.8) is 0 Å². The number of carbonyl (C=O) groups is 1. The summed E-state index contributed by atoms with van der Waals surface area (Å²) in [7, 11) is 2.00. The smallest absolute Gasteiger partial charge is 0.159 e. The third-order valence-electron chi connectivity index (χ3n) is 4.08. The number of ketones is 1. The van der Waals surface area contributed by atoms with Crippen molar-refractivity contribution in [2.24, 2.45) is 0 Å². The first-order valence-electron chi connectivity index (χ1n) is 7.81. The van der Waals surface area contributed by atoms with Gasteiger partial charge in [0.1, 0.15) is 5.75 Å². The predicted octanol–water partition coefficient (Wildman–Crippen LogP) is 2.89. The summed E-state index contributed by atoms with van der Waals surface area (Å²) < 4.78 is 5.72. The molecule has 1 heterocycles. The maximum absolute atomic E-state index is 11.6. The molecule has 1 atom stereocenters. The number of nitrogens with one attached hydrogen (secondary N) is 1. The van der Waals surface area contributed by atoms with Crippen LogP contribution in [-0.2, 0) is 6.54 Å². The fourth-order valence-electron chi connectivity index (χ4n) is 3.01. The van der Waals surface area contributed by atoms with Gasteiger partial charge < -0.3 is 10.1 Å². The van der Waals surface area contributed by atoms with Crippen LogP contribution >= 0.6 is 12.4 Å². The van der Waals surface area contributed by atoms with Gasteiger partial charge in [-0.15, -0.1) is 12.4 Å².